The van der Waals surface area contributed by atoms with Gasteiger partial charge in [0, 0.05) is 11.8 Å². The minimum atomic E-state index is -0.326. The Bertz CT molecular complexity index is 937. The van der Waals surface area contributed by atoms with E-state index in [2.05, 4.69) is 15.3 Å². The molecule has 0 saturated carbocycles. The van der Waals surface area contributed by atoms with Crippen LogP contribution >= 0.6 is 11.3 Å². The van der Waals surface area contributed by atoms with Crippen LogP contribution in [0.25, 0.3) is 10.2 Å². The number of anilines is 2. The number of ether oxygens (including phenoxy) is 2. The van der Waals surface area contributed by atoms with Crippen LogP contribution in [0.3, 0.4) is 0 Å². The highest BCUT2D eigenvalue weighted by molar-refractivity contribution is 7.20. The summed E-state index contributed by atoms with van der Waals surface area (Å²) in [6, 6.07) is 7.59. The van der Waals surface area contributed by atoms with Crippen LogP contribution in [0.1, 0.15) is 28.0 Å². The average Bonchev–Trinajstić information content (AvgIpc) is 2.92. The number of carbonyl (C=O) groups is 1. The summed E-state index contributed by atoms with van der Waals surface area (Å²) in [5, 5.41) is 4.15. The van der Waals surface area contributed by atoms with Gasteiger partial charge in [0.1, 0.15) is 27.1 Å². The molecular formula is C18H19N3O3S. The largest absolute Gasteiger partial charge is 0.497 e. The van der Waals surface area contributed by atoms with E-state index < -0.39 is 0 Å². The highest BCUT2D eigenvalue weighted by Gasteiger charge is 2.21. The predicted octanol–water partition coefficient (Wildman–Crippen LogP) is 4.24. The van der Waals surface area contributed by atoms with Gasteiger partial charge in [-0.1, -0.05) is 6.07 Å². The molecule has 0 atom stereocenters. The fraction of sp³-hybridized carbons (Fsp3) is 0.278. The molecule has 25 heavy (non-hydrogen) atoms. The van der Waals surface area contributed by atoms with Crippen molar-refractivity contribution in [3.8, 4) is 5.75 Å². The number of rotatable bonds is 5. The summed E-state index contributed by atoms with van der Waals surface area (Å²) in [5.74, 6) is 1.73. The number of hydrogen-bond acceptors (Lipinski definition) is 7. The molecule has 130 valence electrons. The van der Waals surface area contributed by atoms with Gasteiger partial charge in [0.15, 0.2) is 0 Å². The lowest BCUT2D eigenvalue weighted by molar-refractivity contribution is 0.0531. The molecule has 0 radical (unpaired) electrons. The maximum atomic E-state index is 12.2. The quantitative estimate of drug-likeness (QED) is 0.689. The second kappa shape index (κ2) is 7.06. The molecule has 2 heterocycles. The Kier molecular flexibility index (Phi) is 4.85. The van der Waals surface area contributed by atoms with Crippen molar-refractivity contribution in [2.24, 2.45) is 0 Å². The third kappa shape index (κ3) is 3.41. The minimum Gasteiger partial charge on any atom is -0.497 e. The summed E-state index contributed by atoms with van der Waals surface area (Å²) >= 11 is 1.33. The number of aromatic nitrogens is 2. The zero-order valence-electron chi connectivity index (χ0n) is 14.5. The molecule has 7 heteroatoms. The third-order valence-corrected chi connectivity index (χ3v) is 4.86. The second-order valence-electron chi connectivity index (χ2n) is 5.43. The second-order valence-corrected chi connectivity index (χ2v) is 6.43. The van der Waals surface area contributed by atoms with E-state index in [4.69, 9.17) is 9.47 Å². The number of esters is 1. The summed E-state index contributed by atoms with van der Waals surface area (Å²) in [7, 11) is 1.63. The first kappa shape index (κ1) is 17.2. The molecular weight excluding hydrogens is 338 g/mol. The van der Waals surface area contributed by atoms with Crippen LogP contribution in [0.5, 0.6) is 5.75 Å². The van der Waals surface area contributed by atoms with Gasteiger partial charge in [0.05, 0.1) is 19.1 Å². The molecule has 0 spiro atoms. The Labute approximate surface area is 149 Å². The molecule has 6 nitrogen and oxygen atoms in total. The number of nitrogens with one attached hydrogen (secondary N) is 1. The predicted molar refractivity (Wildman–Crippen MR) is 99.1 cm³/mol. The molecule has 0 fully saturated rings. The zero-order chi connectivity index (χ0) is 18.0. The van der Waals surface area contributed by atoms with Crippen molar-refractivity contribution in [2.75, 3.05) is 19.0 Å². The summed E-state index contributed by atoms with van der Waals surface area (Å²) in [6.45, 7) is 5.85. The molecule has 0 aliphatic carbocycles. The van der Waals surface area contributed by atoms with Crippen LogP contribution in [0.15, 0.2) is 24.3 Å². The molecule has 1 aromatic carbocycles. The van der Waals surface area contributed by atoms with Crippen molar-refractivity contribution >= 4 is 39.0 Å². The molecule has 0 bridgehead atoms. The summed E-state index contributed by atoms with van der Waals surface area (Å²) < 4.78 is 10.4. The topological polar surface area (TPSA) is 73.3 Å². The molecule has 0 amide bonds. The van der Waals surface area contributed by atoms with Gasteiger partial charge in [-0.25, -0.2) is 14.8 Å². The Balaban J connectivity index is 2.09. The van der Waals surface area contributed by atoms with E-state index in [1.807, 2.05) is 38.1 Å². The van der Waals surface area contributed by atoms with Crippen LogP contribution in [0.2, 0.25) is 0 Å². The number of methoxy groups -OCH3 is 1. The molecule has 3 rings (SSSR count). The standard InChI is InChI=1S/C18H19N3O3S/c1-5-24-18(22)15-10(2)14-16(19-11(3)20-17(14)25-15)21-12-7-6-8-13(9-12)23-4/h6-9H,5H2,1-4H3,(H,19,20,21). The summed E-state index contributed by atoms with van der Waals surface area (Å²) in [4.78, 5) is 22.5. The Morgan fingerprint density at radius 1 is 1.28 bits per heavy atom. The number of benzene rings is 1. The zero-order valence-corrected chi connectivity index (χ0v) is 15.4. The summed E-state index contributed by atoms with van der Waals surface area (Å²) in [5.41, 5.74) is 1.67. The van der Waals surface area contributed by atoms with Crippen LogP contribution in [0, 0.1) is 13.8 Å². The Morgan fingerprint density at radius 2 is 2.08 bits per heavy atom. The smallest absolute Gasteiger partial charge is 0.348 e. The Morgan fingerprint density at radius 3 is 2.80 bits per heavy atom. The first-order chi connectivity index (χ1) is 12.0. The fourth-order valence-electron chi connectivity index (χ4n) is 2.56. The maximum Gasteiger partial charge on any atom is 0.348 e. The SMILES string of the molecule is CCOC(=O)c1sc2nc(C)nc(Nc3cccc(OC)c3)c2c1C. The van der Waals surface area contributed by atoms with Crippen molar-refractivity contribution in [1.82, 2.24) is 9.97 Å². The van der Waals surface area contributed by atoms with Gasteiger partial charge in [-0.15, -0.1) is 11.3 Å². The Hall–Kier alpha value is -2.67. The monoisotopic (exact) mass is 357 g/mol. The van der Waals surface area contributed by atoms with E-state index >= 15 is 0 Å². The number of nitrogens with zero attached hydrogens (tertiary/aromatic N) is 2. The van der Waals surface area contributed by atoms with Crippen molar-refractivity contribution in [3.05, 3.63) is 40.5 Å². The van der Waals surface area contributed by atoms with Gasteiger partial charge in [-0.05, 0) is 38.5 Å². The molecule has 3 aromatic rings. The van der Waals surface area contributed by atoms with Crippen molar-refractivity contribution < 1.29 is 14.3 Å². The number of hydrogen-bond donors (Lipinski definition) is 1. The van der Waals surface area contributed by atoms with Crippen LogP contribution < -0.4 is 10.1 Å². The molecule has 0 aliphatic heterocycles. The first-order valence-electron chi connectivity index (χ1n) is 7.89. The van der Waals surface area contributed by atoms with E-state index in [9.17, 15) is 4.79 Å². The lowest BCUT2D eigenvalue weighted by atomic mass is 10.2. The molecule has 2 aromatic heterocycles. The van der Waals surface area contributed by atoms with Gasteiger partial charge in [0.2, 0.25) is 0 Å². The molecule has 0 saturated heterocycles. The number of thiophene rings is 1. The van der Waals surface area contributed by atoms with E-state index in [-0.39, 0.29) is 5.97 Å². The minimum absolute atomic E-state index is 0.326. The number of carbonyl (C=O) groups excluding carboxylic acids is 1. The first-order valence-corrected chi connectivity index (χ1v) is 8.71. The van der Waals surface area contributed by atoms with Gasteiger partial charge >= 0.3 is 5.97 Å². The normalized spacial score (nSPS) is 10.7. The van der Waals surface area contributed by atoms with Crippen LogP contribution in [-0.2, 0) is 4.74 Å². The highest BCUT2D eigenvalue weighted by atomic mass is 32.1. The fourth-order valence-corrected chi connectivity index (χ4v) is 3.69. The lowest BCUT2D eigenvalue weighted by Crippen LogP contribution is -2.04. The number of fused-ring (bicyclic) bond motifs is 1. The van der Waals surface area contributed by atoms with Gasteiger partial charge in [0.25, 0.3) is 0 Å². The van der Waals surface area contributed by atoms with E-state index in [1.54, 1.807) is 14.0 Å². The van der Waals surface area contributed by atoms with Crippen LogP contribution in [-0.4, -0.2) is 29.7 Å². The lowest BCUT2D eigenvalue weighted by Gasteiger charge is -2.09. The van der Waals surface area contributed by atoms with Crippen molar-refractivity contribution in [3.63, 3.8) is 0 Å². The highest BCUT2D eigenvalue weighted by Crippen LogP contribution is 2.35. The summed E-state index contributed by atoms with van der Waals surface area (Å²) in [6.07, 6.45) is 0. The molecule has 1 N–H and O–H groups in total. The average molecular weight is 357 g/mol. The van der Waals surface area contributed by atoms with Crippen LogP contribution in [0.4, 0.5) is 11.5 Å². The van der Waals surface area contributed by atoms with Crippen molar-refractivity contribution in [1.29, 1.82) is 0 Å². The van der Waals surface area contributed by atoms with E-state index in [0.29, 0.717) is 23.1 Å². The number of aryl methyl sites for hydroxylation is 2. The van der Waals surface area contributed by atoms with Gasteiger partial charge in [-0.2, -0.15) is 0 Å². The van der Waals surface area contributed by atoms with Gasteiger partial charge in [-0.3, -0.25) is 0 Å². The molecule has 0 unspecified atom stereocenters. The van der Waals surface area contributed by atoms with E-state index in [1.165, 1.54) is 11.3 Å². The third-order valence-electron chi connectivity index (χ3n) is 3.70. The van der Waals surface area contributed by atoms with Gasteiger partial charge < -0.3 is 14.8 Å². The maximum absolute atomic E-state index is 12.2. The molecule has 0 aliphatic rings. The van der Waals surface area contributed by atoms with E-state index in [0.717, 1.165) is 27.2 Å². The van der Waals surface area contributed by atoms with Crippen molar-refractivity contribution in [2.45, 2.75) is 20.8 Å².